The van der Waals surface area contributed by atoms with Crippen molar-refractivity contribution in [3.05, 3.63) is 125 Å². The van der Waals surface area contributed by atoms with Crippen LogP contribution in [-0.2, 0) is 51.1 Å². The smallest absolute Gasteiger partial charge is 0.407 e. The maximum atomic E-state index is 14.1. The Kier molecular flexibility index (Phi) is 18.2. The molecule has 9 N–H and O–H groups in total. The number of rotatable bonds is 13. The lowest BCUT2D eigenvalue weighted by Crippen LogP contribution is -2.57. The van der Waals surface area contributed by atoms with Crippen LogP contribution in [0.4, 0.5) is 4.79 Å². The molecule has 8 amide bonds. The second-order valence-corrected chi connectivity index (χ2v) is 17.5. The average molecular weight is 945 g/mol. The van der Waals surface area contributed by atoms with Crippen LogP contribution in [0.5, 0.6) is 5.75 Å². The molecule has 364 valence electrons. The van der Waals surface area contributed by atoms with Gasteiger partial charge in [0.1, 0.15) is 36.5 Å². The average Bonchev–Trinajstić information content (AvgIpc) is 3.66. The molecule has 0 aromatic heterocycles. The molecule has 4 aromatic rings. The van der Waals surface area contributed by atoms with Crippen LogP contribution in [0.25, 0.3) is 11.1 Å². The molecule has 1 aliphatic carbocycles. The fourth-order valence-electron chi connectivity index (χ4n) is 8.28. The molecular weight excluding hydrogens is 885 g/mol. The number of amides is 8. The molecule has 18 nitrogen and oxygen atoms in total. The fraction of sp³-hybridized carbons (Fsp3) is 0.373. The van der Waals surface area contributed by atoms with Crippen molar-refractivity contribution < 1.29 is 48.2 Å². The molecule has 6 rings (SSSR count). The monoisotopic (exact) mass is 944 g/mol. The highest BCUT2D eigenvalue weighted by Gasteiger charge is 2.32. The van der Waals surface area contributed by atoms with Gasteiger partial charge in [-0.05, 0) is 77.1 Å². The second-order valence-electron chi connectivity index (χ2n) is 17.5. The van der Waals surface area contributed by atoms with E-state index in [4.69, 9.17) is 4.74 Å². The summed E-state index contributed by atoms with van der Waals surface area (Å²) < 4.78 is 5.65. The van der Waals surface area contributed by atoms with Crippen LogP contribution >= 0.6 is 0 Å². The van der Waals surface area contributed by atoms with E-state index in [-0.39, 0.29) is 56.4 Å². The van der Waals surface area contributed by atoms with E-state index in [9.17, 15) is 43.5 Å². The highest BCUT2D eigenvalue weighted by atomic mass is 16.5. The van der Waals surface area contributed by atoms with E-state index in [1.807, 2.05) is 62.4 Å². The molecular formula is C51H60N8O10. The number of benzene rings is 4. The Morgan fingerprint density at radius 3 is 1.72 bits per heavy atom. The zero-order valence-corrected chi connectivity index (χ0v) is 38.7. The predicted octanol–water partition coefficient (Wildman–Crippen LogP) is 2.23. The van der Waals surface area contributed by atoms with E-state index in [0.29, 0.717) is 24.0 Å². The Bertz CT molecular complexity index is 2420. The topological polar surface area (TPSA) is 262 Å². The van der Waals surface area contributed by atoms with Crippen molar-refractivity contribution in [3.63, 3.8) is 0 Å². The Morgan fingerprint density at radius 2 is 1.09 bits per heavy atom. The Hall–Kier alpha value is -7.76. The van der Waals surface area contributed by atoms with E-state index >= 15 is 0 Å². The lowest BCUT2D eigenvalue weighted by molar-refractivity contribution is -0.133. The summed E-state index contributed by atoms with van der Waals surface area (Å²) >= 11 is 0. The van der Waals surface area contributed by atoms with Crippen LogP contribution in [0.3, 0.4) is 0 Å². The van der Waals surface area contributed by atoms with Crippen molar-refractivity contribution in [3.8, 4) is 16.9 Å². The van der Waals surface area contributed by atoms with E-state index in [2.05, 4.69) is 42.5 Å². The number of fused-ring (bicyclic) bond motifs is 3. The third kappa shape index (κ3) is 15.1. The number of phenolic OH excluding ortho intramolecular Hbond substituents is 1. The van der Waals surface area contributed by atoms with Gasteiger partial charge in [0.2, 0.25) is 41.4 Å². The third-order valence-corrected chi connectivity index (χ3v) is 11.8. The largest absolute Gasteiger partial charge is 0.508 e. The third-order valence-electron chi connectivity index (χ3n) is 11.8. The first-order valence-electron chi connectivity index (χ1n) is 23.2. The zero-order valence-electron chi connectivity index (χ0n) is 38.7. The minimum atomic E-state index is -1.28. The highest BCUT2D eigenvalue weighted by Crippen LogP contribution is 2.44. The number of carbonyl (C=O) groups excluding carboxylic acids is 8. The number of carbonyl (C=O) groups is 8. The molecule has 4 aromatic carbocycles. The molecule has 4 atom stereocenters. The van der Waals surface area contributed by atoms with Crippen LogP contribution in [0.2, 0.25) is 0 Å². The van der Waals surface area contributed by atoms with Gasteiger partial charge in [0, 0.05) is 25.3 Å². The van der Waals surface area contributed by atoms with Gasteiger partial charge in [-0.2, -0.15) is 0 Å². The number of hydrogen-bond donors (Lipinski definition) is 9. The van der Waals surface area contributed by atoms with Gasteiger partial charge in [0.05, 0.1) is 19.6 Å². The first kappa shape index (κ1) is 50.6. The molecule has 1 heterocycles. The Balaban J connectivity index is 1.14. The van der Waals surface area contributed by atoms with Gasteiger partial charge in [-0.3, -0.25) is 33.6 Å². The number of nitrogens with one attached hydrogen (secondary N) is 8. The molecule has 69 heavy (non-hydrogen) atoms. The molecule has 18 heteroatoms. The SMILES string of the molecule is CC(C)C[C@@H]1NC(=O)[C@H](Cc2ccccc2)NC(=O)CNC(=O)CNC(=O)[C@H](Cc2ccc(O)cc2)NC(=O)[C@H](CCCCNC(=O)OCC2c3ccccc3-c3ccccc32)NC(=O)CNC1=O. The van der Waals surface area contributed by atoms with Gasteiger partial charge in [0.15, 0.2) is 0 Å². The first-order valence-corrected chi connectivity index (χ1v) is 23.2. The first-order chi connectivity index (χ1) is 33.2. The molecule has 0 spiro atoms. The molecule has 1 fully saturated rings. The minimum Gasteiger partial charge on any atom is -0.508 e. The summed E-state index contributed by atoms with van der Waals surface area (Å²) in [6, 6.07) is 26.0. The summed E-state index contributed by atoms with van der Waals surface area (Å²) in [7, 11) is 0. The number of phenols is 1. The highest BCUT2D eigenvalue weighted by molar-refractivity contribution is 5.97. The number of aromatic hydroxyl groups is 1. The van der Waals surface area contributed by atoms with Crippen molar-refractivity contribution in [1.82, 2.24) is 42.5 Å². The summed E-state index contributed by atoms with van der Waals surface area (Å²) in [4.78, 5) is 108. The second kappa shape index (κ2) is 24.8. The maximum Gasteiger partial charge on any atom is 0.407 e. The summed E-state index contributed by atoms with van der Waals surface area (Å²) in [5.74, 6) is -5.29. The fourth-order valence-corrected chi connectivity index (χ4v) is 8.28. The van der Waals surface area contributed by atoms with Gasteiger partial charge in [-0.25, -0.2) is 4.79 Å². The standard InChI is InChI=1S/C51H60N8O10/c1-31(2)24-41-47(64)55-29-46(63)56-40(18-10-11-23-52-51(68)69-30-39-37-16-8-6-14-35(37)36-15-7-9-17-38(36)39)49(66)59-42(26-33-19-21-34(60)22-20-33)48(65)54-27-44(61)53-28-45(62)57-43(50(67)58-41)25-32-12-4-3-5-13-32/h3-9,12-17,19-22,31,39-43,60H,10-11,18,23-30H2,1-2H3,(H,52,68)(H,53,61)(H,54,65)(H,55,64)(H,56,63)(H,57,62)(H,58,67)(H,59,66)/t40-,41-,42-,43-/m0/s1. The summed E-state index contributed by atoms with van der Waals surface area (Å²) in [5, 5.41) is 30.8. The van der Waals surface area contributed by atoms with E-state index in [0.717, 1.165) is 22.3 Å². The van der Waals surface area contributed by atoms with Gasteiger partial charge < -0.3 is 52.4 Å². The van der Waals surface area contributed by atoms with E-state index in [1.165, 1.54) is 12.1 Å². The van der Waals surface area contributed by atoms with Crippen LogP contribution in [0, 0.1) is 5.92 Å². The normalized spacial score (nSPS) is 19.8. The summed E-state index contributed by atoms with van der Waals surface area (Å²) in [6.07, 6.45) is 0.259. The molecule has 1 aliphatic heterocycles. The number of alkyl carbamates (subject to hydrolysis) is 1. The lowest BCUT2D eigenvalue weighted by Gasteiger charge is -2.25. The Labute approximate surface area is 400 Å². The number of ether oxygens (including phenoxy) is 1. The molecule has 2 aliphatic rings. The van der Waals surface area contributed by atoms with Gasteiger partial charge >= 0.3 is 6.09 Å². The molecule has 0 radical (unpaired) electrons. The van der Waals surface area contributed by atoms with Gasteiger partial charge in [0.25, 0.3) is 0 Å². The summed E-state index contributed by atoms with van der Waals surface area (Å²) in [6.45, 7) is 2.30. The Morgan fingerprint density at radius 1 is 0.580 bits per heavy atom. The van der Waals surface area contributed by atoms with Crippen LogP contribution in [0.1, 0.15) is 67.7 Å². The molecule has 0 unspecified atom stereocenters. The van der Waals surface area contributed by atoms with E-state index in [1.54, 1.807) is 42.5 Å². The lowest BCUT2D eigenvalue weighted by atomic mass is 9.98. The van der Waals surface area contributed by atoms with E-state index < -0.39 is 91.2 Å². The van der Waals surface area contributed by atoms with Crippen LogP contribution in [0.15, 0.2) is 103 Å². The van der Waals surface area contributed by atoms with Crippen molar-refractivity contribution in [2.24, 2.45) is 5.92 Å². The molecule has 1 saturated heterocycles. The van der Waals surface area contributed by atoms with Gasteiger partial charge in [-0.1, -0.05) is 105 Å². The quantitative estimate of drug-likeness (QED) is 0.0884. The van der Waals surface area contributed by atoms with Crippen molar-refractivity contribution in [2.75, 3.05) is 32.8 Å². The van der Waals surface area contributed by atoms with Crippen molar-refractivity contribution in [1.29, 1.82) is 0 Å². The molecule has 0 saturated carbocycles. The number of unbranched alkanes of at least 4 members (excludes halogenated alkanes) is 1. The minimum absolute atomic E-state index is 0.0232. The number of hydrogen-bond acceptors (Lipinski definition) is 10. The van der Waals surface area contributed by atoms with Crippen molar-refractivity contribution >= 4 is 47.4 Å². The van der Waals surface area contributed by atoms with Crippen LogP contribution < -0.4 is 42.5 Å². The zero-order chi connectivity index (χ0) is 49.3. The molecule has 0 bridgehead atoms. The van der Waals surface area contributed by atoms with Gasteiger partial charge in [-0.15, -0.1) is 0 Å². The van der Waals surface area contributed by atoms with Crippen molar-refractivity contribution in [2.45, 2.75) is 82.5 Å². The maximum absolute atomic E-state index is 14.1. The summed E-state index contributed by atoms with van der Waals surface area (Å²) in [5.41, 5.74) is 5.61. The predicted molar refractivity (Wildman–Crippen MR) is 255 cm³/mol. The van der Waals surface area contributed by atoms with Crippen LogP contribution in [-0.4, -0.2) is 110 Å².